The summed E-state index contributed by atoms with van der Waals surface area (Å²) in [5.74, 6) is 0. The molecule has 0 saturated heterocycles. The van der Waals surface area contributed by atoms with Crippen molar-refractivity contribution in [2.45, 2.75) is 5.41 Å². The van der Waals surface area contributed by atoms with Crippen LogP contribution in [0.15, 0.2) is 243 Å². The molecule has 0 bridgehead atoms. The van der Waals surface area contributed by atoms with Crippen LogP contribution in [0.5, 0.6) is 0 Å². The summed E-state index contributed by atoms with van der Waals surface area (Å²) >= 11 is 0. The number of nitrogens with zero attached hydrogens (tertiary/aromatic N) is 2. The standard InChI is InChI=1S/C61H40N2/c1-2-14-45(15-3-1)62(48-38-39-52-51-18-6-11-23-57(51)61(58(52)40-48)55-21-9-4-16-49(55)50-17-5-10-22-56(50)61)46-34-30-43(31-35-46)41-26-28-42(29-27-41)44-32-36-47(37-33-44)63-59-24-12-7-19-53(59)54-20-8-13-25-60(54)63/h1-40H. The van der Waals surface area contributed by atoms with Crippen LogP contribution in [0.2, 0.25) is 0 Å². The molecule has 0 unspecified atom stereocenters. The summed E-state index contributed by atoms with van der Waals surface area (Å²) in [6.45, 7) is 0. The SMILES string of the molecule is c1ccc(N(c2ccc(-c3ccc(-c4ccc(-n5c6ccccc6c6ccccc65)cc4)cc3)cc2)c2ccc3c(c2)C2(c4ccccc4-c4ccccc42)c2ccccc2-3)cc1. The van der Waals surface area contributed by atoms with Gasteiger partial charge in [0.1, 0.15) is 0 Å². The second-order valence-electron chi connectivity index (χ2n) is 16.8. The van der Waals surface area contributed by atoms with Gasteiger partial charge in [0.2, 0.25) is 0 Å². The molecular formula is C61H40N2. The van der Waals surface area contributed by atoms with Crippen LogP contribution in [0.4, 0.5) is 17.1 Å². The first-order valence-electron chi connectivity index (χ1n) is 21.8. The quantitative estimate of drug-likeness (QED) is 0.163. The minimum absolute atomic E-state index is 0.401. The van der Waals surface area contributed by atoms with Gasteiger partial charge >= 0.3 is 0 Å². The van der Waals surface area contributed by atoms with Crippen LogP contribution in [-0.2, 0) is 5.41 Å². The highest BCUT2D eigenvalue weighted by atomic mass is 15.1. The Hall–Kier alpha value is -8.20. The Balaban J connectivity index is 0.848. The molecule has 2 heteroatoms. The van der Waals surface area contributed by atoms with Crippen molar-refractivity contribution in [3.63, 3.8) is 0 Å². The molecule has 0 saturated carbocycles. The number of rotatable bonds is 6. The van der Waals surface area contributed by atoms with Gasteiger partial charge in [0.15, 0.2) is 0 Å². The van der Waals surface area contributed by atoms with Gasteiger partial charge < -0.3 is 9.47 Å². The van der Waals surface area contributed by atoms with E-state index < -0.39 is 5.41 Å². The van der Waals surface area contributed by atoms with Gasteiger partial charge in [-0.1, -0.05) is 182 Å². The number of para-hydroxylation sites is 3. The van der Waals surface area contributed by atoms with Crippen molar-refractivity contribution >= 4 is 38.9 Å². The summed E-state index contributed by atoms with van der Waals surface area (Å²) in [4.78, 5) is 2.40. The maximum absolute atomic E-state index is 2.46. The minimum Gasteiger partial charge on any atom is -0.310 e. The minimum atomic E-state index is -0.401. The molecule has 2 aliphatic rings. The van der Waals surface area contributed by atoms with Gasteiger partial charge in [0.05, 0.1) is 16.4 Å². The maximum Gasteiger partial charge on any atom is 0.0726 e. The maximum atomic E-state index is 2.46. The molecule has 0 aliphatic heterocycles. The zero-order valence-electron chi connectivity index (χ0n) is 34.5. The summed E-state index contributed by atoms with van der Waals surface area (Å²) in [7, 11) is 0. The van der Waals surface area contributed by atoms with Gasteiger partial charge in [0, 0.05) is 33.5 Å². The first kappa shape index (κ1) is 35.5. The Morgan fingerprint density at radius 2 is 0.667 bits per heavy atom. The van der Waals surface area contributed by atoms with E-state index in [0.717, 1.165) is 22.7 Å². The van der Waals surface area contributed by atoms with E-state index in [-0.39, 0.29) is 0 Å². The predicted octanol–water partition coefficient (Wildman–Crippen LogP) is 15.9. The summed E-state index contributed by atoms with van der Waals surface area (Å²) in [6.07, 6.45) is 0. The Labute approximate surface area is 367 Å². The van der Waals surface area contributed by atoms with E-state index in [1.165, 1.54) is 88.6 Å². The Kier molecular flexibility index (Phi) is 7.85. The monoisotopic (exact) mass is 800 g/mol. The highest BCUT2D eigenvalue weighted by Gasteiger charge is 2.51. The Morgan fingerprint density at radius 1 is 0.286 bits per heavy atom. The number of fused-ring (bicyclic) bond motifs is 13. The van der Waals surface area contributed by atoms with Crippen molar-refractivity contribution in [3.8, 4) is 50.2 Å². The van der Waals surface area contributed by atoms with Gasteiger partial charge in [-0.3, -0.25) is 0 Å². The molecular weight excluding hydrogens is 761 g/mol. The normalized spacial score (nSPS) is 12.9. The molecule has 0 amide bonds. The molecule has 63 heavy (non-hydrogen) atoms. The topological polar surface area (TPSA) is 8.17 Å². The number of hydrogen-bond acceptors (Lipinski definition) is 1. The average molecular weight is 801 g/mol. The summed E-state index contributed by atoms with van der Waals surface area (Å²) in [5.41, 5.74) is 22.0. The van der Waals surface area contributed by atoms with Crippen LogP contribution in [0, 0.1) is 0 Å². The third-order valence-corrected chi connectivity index (χ3v) is 13.6. The van der Waals surface area contributed by atoms with Gasteiger partial charge in [-0.15, -0.1) is 0 Å². The van der Waals surface area contributed by atoms with Crippen molar-refractivity contribution in [2.75, 3.05) is 4.90 Å². The molecule has 1 aromatic heterocycles. The highest BCUT2D eigenvalue weighted by molar-refractivity contribution is 6.09. The molecule has 1 spiro atoms. The van der Waals surface area contributed by atoms with Crippen molar-refractivity contribution in [3.05, 3.63) is 265 Å². The largest absolute Gasteiger partial charge is 0.310 e. The molecule has 2 nitrogen and oxygen atoms in total. The average Bonchev–Trinajstić information content (AvgIpc) is 3.97. The lowest BCUT2D eigenvalue weighted by Gasteiger charge is -2.32. The fourth-order valence-corrected chi connectivity index (χ4v) is 10.9. The van der Waals surface area contributed by atoms with E-state index in [4.69, 9.17) is 0 Å². The van der Waals surface area contributed by atoms with Crippen LogP contribution in [0.25, 0.3) is 72.0 Å². The molecule has 0 N–H and O–H groups in total. The summed E-state index contributed by atoms with van der Waals surface area (Å²) in [6, 6.07) is 89.3. The summed E-state index contributed by atoms with van der Waals surface area (Å²) < 4.78 is 2.37. The first-order valence-corrected chi connectivity index (χ1v) is 21.8. The third kappa shape index (κ3) is 5.25. The molecule has 2 aliphatic carbocycles. The molecule has 13 rings (SSSR count). The van der Waals surface area contributed by atoms with Gasteiger partial charge in [-0.25, -0.2) is 0 Å². The Bertz CT molecular complexity index is 3420. The number of hydrogen-bond donors (Lipinski definition) is 0. The van der Waals surface area contributed by atoms with Crippen molar-refractivity contribution in [2.24, 2.45) is 0 Å². The van der Waals surface area contributed by atoms with Gasteiger partial charge in [0.25, 0.3) is 0 Å². The van der Waals surface area contributed by atoms with E-state index in [9.17, 15) is 0 Å². The number of anilines is 3. The lowest BCUT2D eigenvalue weighted by atomic mass is 9.70. The molecule has 11 aromatic rings. The van der Waals surface area contributed by atoms with Crippen LogP contribution < -0.4 is 4.90 Å². The van der Waals surface area contributed by atoms with Gasteiger partial charge in [-0.05, 0) is 127 Å². The molecule has 0 fully saturated rings. The van der Waals surface area contributed by atoms with Crippen LogP contribution in [-0.4, -0.2) is 4.57 Å². The number of aromatic nitrogens is 1. The molecule has 10 aromatic carbocycles. The summed E-state index contributed by atoms with van der Waals surface area (Å²) in [5, 5.41) is 2.55. The molecule has 1 heterocycles. The fraction of sp³-hybridized carbons (Fsp3) is 0.0164. The van der Waals surface area contributed by atoms with E-state index >= 15 is 0 Å². The molecule has 0 atom stereocenters. The van der Waals surface area contributed by atoms with Crippen molar-refractivity contribution in [1.82, 2.24) is 4.57 Å². The van der Waals surface area contributed by atoms with Crippen molar-refractivity contribution < 1.29 is 0 Å². The lowest BCUT2D eigenvalue weighted by molar-refractivity contribution is 0.793. The van der Waals surface area contributed by atoms with Crippen LogP contribution in [0.1, 0.15) is 22.3 Å². The van der Waals surface area contributed by atoms with Crippen molar-refractivity contribution in [1.29, 1.82) is 0 Å². The lowest BCUT2D eigenvalue weighted by Crippen LogP contribution is -2.26. The molecule has 294 valence electrons. The second-order valence-corrected chi connectivity index (χ2v) is 16.8. The van der Waals surface area contributed by atoms with E-state index in [0.29, 0.717) is 0 Å². The van der Waals surface area contributed by atoms with E-state index in [1.807, 2.05) is 0 Å². The van der Waals surface area contributed by atoms with E-state index in [1.54, 1.807) is 0 Å². The smallest absolute Gasteiger partial charge is 0.0726 e. The predicted molar refractivity (Wildman–Crippen MR) is 263 cm³/mol. The van der Waals surface area contributed by atoms with Gasteiger partial charge in [-0.2, -0.15) is 0 Å². The third-order valence-electron chi connectivity index (χ3n) is 13.6. The van der Waals surface area contributed by atoms with E-state index in [2.05, 4.69) is 252 Å². The second kappa shape index (κ2) is 13.9. The zero-order valence-corrected chi connectivity index (χ0v) is 34.5. The molecule has 0 radical (unpaired) electrons. The highest BCUT2D eigenvalue weighted by Crippen LogP contribution is 2.63. The number of benzene rings is 10. The fourth-order valence-electron chi connectivity index (χ4n) is 10.9. The Morgan fingerprint density at radius 3 is 1.19 bits per heavy atom. The van der Waals surface area contributed by atoms with Crippen LogP contribution in [0.3, 0.4) is 0 Å². The zero-order chi connectivity index (χ0) is 41.5. The van der Waals surface area contributed by atoms with Crippen LogP contribution >= 0.6 is 0 Å². The first-order chi connectivity index (χ1) is 31.3.